The summed E-state index contributed by atoms with van der Waals surface area (Å²) < 4.78 is 1.44. The maximum absolute atomic E-state index is 13.1. The van der Waals surface area contributed by atoms with Gasteiger partial charge in [-0.15, -0.1) is 0 Å². The van der Waals surface area contributed by atoms with Gasteiger partial charge in [-0.25, -0.2) is 9.78 Å². The third-order valence-corrected chi connectivity index (χ3v) is 7.07. The molecule has 0 unspecified atom stereocenters. The van der Waals surface area contributed by atoms with Crippen molar-refractivity contribution < 1.29 is 14.7 Å². The summed E-state index contributed by atoms with van der Waals surface area (Å²) in [4.78, 5) is 29.6. The predicted molar refractivity (Wildman–Crippen MR) is 147 cm³/mol. The van der Waals surface area contributed by atoms with Crippen molar-refractivity contribution in [3.63, 3.8) is 0 Å². The molecule has 2 heterocycles. The lowest BCUT2D eigenvalue weighted by Crippen LogP contribution is -2.32. The number of phenolic OH excluding ortho intramolecular Hbond substituents is 1. The number of aromatic hydroxyl groups is 1. The van der Waals surface area contributed by atoms with Crippen LogP contribution in [0, 0.1) is 0 Å². The van der Waals surface area contributed by atoms with Crippen LogP contribution in [0.1, 0.15) is 53.2 Å². The van der Waals surface area contributed by atoms with Crippen LogP contribution in [0.4, 0.5) is 10.5 Å². The van der Waals surface area contributed by atoms with Crippen molar-refractivity contribution in [3.8, 4) is 17.0 Å². The first-order valence-electron chi connectivity index (χ1n) is 12.7. The van der Waals surface area contributed by atoms with Gasteiger partial charge in [0.2, 0.25) is 0 Å². The number of nitrogens with zero attached hydrogens (tertiary/aromatic N) is 3. The molecule has 2 aromatic heterocycles. The van der Waals surface area contributed by atoms with E-state index in [4.69, 9.17) is 11.6 Å². The third kappa shape index (κ3) is 5.70. The van der Waals surface area contributed by atoms with Crippen LogP contribution in [0.2, 0.25) is 5.15 Å². The fourth-order valence-corrected chi connectivity index (χ4v) is 5.02. The minimum atomic E-state index is -0.435. The molecule has 0 aliphatic heterocycles. The molecule has 2 amide bonds. The van der Waals surface area contributed by atoms with Crippen LogP contribution in [0.15, 0.2) is 72.9 Å². The summed E-state index contributed by atoms with van der Waals surface area (Å²) in [7, 11) is 0. The van der Waals surface area contributed by atoms with Crippen molar-refractivity contribution in [2.45, 2.75) is 38.0 Å². The first-order valence-corrected chi connectivity index (χ1v) is 13.0. The van der Waals surface area contributed by atoms with E-state index in [9.17, 15) is 14.7 Å². The molecule has 8 nitrogen and oxygen atoms in total. The minimum Gasteiger partial charge on any atom is -0.507 e. The van der Waals surface area contributed by atoms with Gasteiger partial charge >= 0.3 is 6.03 Å². The van der Waals surface area contributed by atoms with Gasteiger partial charge in [-0.05, 0) is 55.2 Å². The molecule has 0 saturated heterocycles. The second kappa shape index (κ2) is 11.5. The zero-order valence-corrected chi connectivity index (χ0v) is 21.5. The first-order chi connectivity index (χ1) is 18.5. The van der Waals surface area contributed by atoms with Gasteiger partial charge in [0, 0.05) is 36.0 Å². The van der Waals surface area contributed by atoms with E-state index >= 15 is 0 Å². The van der Waals surface area contributed by atoms with Gasteiger partial charge in [-0.2, -0.15) is 9.78 Å². The summed E-state index contributed by atoms with van der Waals surface area (Å²) in [5.41, 5.74) is 3.58. The van der Waals surface area contributed by atoms with E-state index in [-0.39, 0.29) is 28.4 Å². The summed E-state index contributed by atoms with van der Waals surface area (Å²) in [5, 5.41) is 21.2. The molecule has 1 fully saturated rings. The number of halogens is 1. The Hall–Kier alpha value is -4.17. The number of aromatic nitrogens is 3. The number of carbonyl (C=O) groups is 2. The quantitative estimate of drug-likeness (QED) is 0.254. The lowest BCUT2D eigenvalue weighted by atomic mass is 10.0. The fourth-order valence-electron chi connectivity index (χ4n) is 4.82. The average Bonchev–Trinajstić information content (AvgIpc) is 3.60. The van der Waals surface area contributed by atoms with Crippen molar-refractivity contribution >= 4 is 29.2 Å². The molecule has 0 radical (unpaired) electrons. The van der Waals surface area contributed by atoms with Crippen molar-refractivity contribution in [3.05, 3.63) is 94.9 Å². The highest BCUT2D eigenvalue weighted by Gasteiger charge is 2.26. The molecule has 0 bridgehead atoms. The number of hydrogen-bond donors (Lipinski definition) is 3. The molecular weight excluding hydrogens is 502 g/mol. The SMILES string of the molecule is O=C(Nc1ccc(-c2cc(C3CCCC3)n(C(=O)NCCc3ccccc3)n2)c(O)c1)c1cccnc1Cl. The number of rotatable bonds is 7. The number of nitrogens with one attached hydrogen (secondary N) is 2. The Morgan fingerprint density at radius 2 is 1.82 bits per heavy atom. The second-order valence-electron chi connectivity index (χ2n) is 9.34. The normalized spacial score (nSPS) is 13.4. The number of hydrogen-bond acceptors (Lipinski definition) is 5. The van der Waals surface area contributed by atoms with Crippen molar-refractivity contribution in [2.24, 2.45) is 0 Å². The number of benzene rings is 2. The van der Waals surface area contributed by atoms with Gasteiger partial charge in [0.15, 0.2) is 0 Å². The van der Waals surface area contributed by atoms with Crippen molar-refractivity contribution in [1.82, 2.24) is 20.1 Å². The van der Waals surface area contributed by atoms with Crippen LogP contribution in [0.25, 0.3) is 11.3 Å². The lowest BCUT2D eigenvalue weighted by molar-refractivity contribution is 0.102. The average molecular weight is 530 g/mol. The number of anilines is 1. The van der Waals surface area contributed by atoms with Crippen LogP contribution in [0.3, 0.4) is 0 Å². The molecule has 4 aromatic rings. The smallest absolute Gasteiger partial charge is 0.342 e. The van der Waals surface area contributed by atoms with Gasteiger partial charge in [-0.3, -0.25) is 4.79 Å². The topological polar surface area (TPSA) is 109 Å². The molecule has 1 aliphatic carbocycles. The van der Waals surface area contributed by atoms with Crippen molar-refractivity contribution in [1.29, 1.82) is 0 Å². The highest BCUT2D eigenvalue weighted by Crippen LogP contribution is 2.38. The lowest BCUT2D eigenvalue weighted by Gasteiger charge is -2.12. The molecule has 2 aromatic carbocycles. The van der Waals surface area contributed by atoms with E-state index in [1.165, 1.54) is 16.9 Å². The maximum Gasteiger partial charge on any atom is 0.342 e. The predicted octanol–water partition coefficient (Wildman–Crippen LogP) is 6.01. The van der Waals surface area contributed by atoms with Gasteiger partial charge in [-0.1, -0.05) is 54.8 Å². The number of phenols is 1. The summed E-state index contributed by atoms with van der Waals surface area (Å²) in [5.74, 6) is -0.261. The molecule has 3 N–H and O–H groups in total. The van der Waals surface area contributed by atoms with E-state index in [1.807, 2.05) is 36.4 Å². The molecule has 0 atom stereocenters. The molecule has 1 aliphatic rings. The van der Waals surface area contributed by atoms with E-state index in [1.54, 1.807) is 24.3 Å². The van der Waals surface area contributed by atoms with Crippen LogP contribution in [0.5, 0.6) is 5.75 Å². The zero-order valence-electron chi connectivity index (χ0n) is 20.7. The van der Waals surface area contributed by atoms with E-state index in [2.05, 4.69) is 20.7 Å². The van der Waals surface area contributed by atoms with Gasteiger partial charge in [0.05, 0.1) is 17.0 Å². The Morgan fingerprint density at radius 3 is 2.55 bits per heavy atom. The second-order valence-corrected chi connectivity index (χ2v) is 9.70. The number of carbonyl (C=O) groups excluding carboxylic acids is 2. The maximum atomic E-state index is 13.1. The fraction of sp³-hybridized carbons (Fsp3) is 0.241. The Balaban J connectivity index is 1.35. The highest BCUT2D eigenvalue weighted by molar-refractivity contribution is 6.33. The largest absolute Gasteiger partial charge is 0.507 e. The van der Waals surface area contributed by atoms with Crippen molar-refractivity contribution in [2.75, 3.05) is 11.9 Å². The van der Waals surface area contributed by atoms with Gasteiger partial charge in [0.25, 0.3) is 5.91 Å². The Morgan fingerprint density at radius 1 is 1.03 bits per heavy atom. The number of pyridine rings is 1. The van der Waals surface area contributed by atoms with E-state index in [0.29, 0.717) is 23.5 Å². The molecule has 0 spiro atoms. The highest BCUT2D eigenvalue weighted by atomic mass is 35.5. The minimum absolute atomic E-state index is 0.0628. The van der Waals surface area contributed by atoms with Gasteiger partial charge in [0.1, 0.15) is 10.9 Å². The van der Waals surface area contributed by atoms with E-state index < -0.39 is 5.91 Å². The molecule has 38 heavy (non-hydrogen) atoms. The molecular formula is C29H28ClN5O3. The van der Waals surface area contributed by atoms with Crippen LogP contribution in [-0.4, -0.2) is 38.4 Å². The monoisotopic (exact) mass is 529 g/mol. The Labute approximate surface area is 225 Å². The number of amides is 2. The van der Waals surface area contributed by atoms with E-state index in [0.717, 1.165) is 43.4 Å². The van der Waals surface area contributed by atoms with Gasteiger partial charge < -0.3 is 15.7 Å². The van der Waals surface area contributed by atoms with Crippen LogP contribution < -0.4 is 10.6 Å². The molecule has 5 rings (SSSR count). The summed E-state index contributed by atoms with van der Waals surface area (Å²) in [6.45, 7) is 0.489. The summed E-state index contributed by atoms with van der Waals surface area (Å²) >= 11 is 6.02. The Bertz CT molecular complexity index is 1450. The molecule has 9 heteroatoms. The van der Waals surface area contributed by atoms with Crippen LogP contribution in [-0.2, 0) is 6.42 Å². The standard InChI is InChI=1S/C29H28ClN5O3/c30-27-23(11-6-15-31-27)28(37)33-21-12-13-22(26(36)17-21)24-18-25(20-9-4-5-10-20)35(34-24)29(38)32-16-14-19-7-2-1-3-8-19/h1-3,6-8,11-13,15,17-18,20,36H,4-5,9-10,14,16H2,(H,32,38)(H,33,37). The first kappa shape index (κ1) is 25.5. The third-order valence-electron chi connectivity index (χ3n) is 6.77. The summed E-state index contributed by atoms with van der Waals surface area (Å²) in [6, 6.07) is 19.6. The zero-order chi connectivity index (χ0) is 26.5. The summed E-state index contributed by atoms with van der Waals surface area (Å²) in [6.07, 6.45) is 6.44. The van der Waals surface area contributed by atoms with Crippen LogP contribution >= 0.6 is 11.6 Å². The molecule has 194 valence electrons. The molecule has 1 saturated carbocycles. The Kier molecular flexibility index (Phi) is 7.70.